The van der Waals surface area contributed by atoms with E-state index >= 15 is 0 Å². The summed E-state index contributed by atoms with van der Waals surface area (Å²) in [6, 6.07) is 14.7. The Labute approximate surface area is 173 Å². The monoisotopic (exact) mass is 405 g/mol. The molecule has 7 nitrogen and oxygen atoms in total. The Morgan fingerprint density at radius 1 is 1.31 bits per heavy atom. The van der Waals surface area contributed by atoms with Crippen molar-refractivity contribution in [2.45, 2.75) is 10.9 Å². The van der Waals surface area contributed by atoms with Gasteiger partial charge in [-0.1, -0.05) is 41.9 Å². The molecule has 2 aromatic carbocycles. The first kappa shape index (κ1) is 20.2. The summed E-state index contributed by atoms with van der Waals surface area (Å²) in [4.78, 5) is 12.3. The Morgan fingerprint density at radius 3 is 2.83 bits per heavy atom. The molecular weight excluding hydrogens is 386 g/mol. The van der Waals surface area contributed by atoms with Crippen molar-refractivity contribution in [2.24, 2.45) is 12.1 Å². The molecule has 1 heterocycles. The second kappa shape index (κ2) is 10.1. The van der Waals surface area contributed by atoms with Crippen LogP contribution in [0, 0.1) is 12.3 Å². The van der Waals surface area contributed by atoms with E-state index in [9.17, 15) is 4.79 Å². The van der Waals surface area contributed by atoms with Gasteiger partial charge in [0.1, 0.15) is 18.7 Å². The second-order valence-electron chi connectivity index (χ2n) is 5.94. The minimum Gasteiger partial charge on any atom is -0.480 e. The van der Waals surface area contributed by atoms with E-state index in [1.165, 1.54) is 6.21 Å². The van der Waals surface area contributed by atoms with Gasteiger partial charge in [-0.05, 0) is 29.8 Å². The summed E-state index contributed by atoms with van der Waals surface area (Å²) >= 11 is 1.58. The molecule has 0 aliphatic rings. The van der Waals surface area contributed by atoms with Crippen LogP contribution in [0.1, 0.15) is 21.5 Å². The lowest BCUT2D eigenvalue weighted by atomic mass is 10.1. The molecule has 3 aromatic rings. The van der Waals surface area contributed by atoms with Crippen LogP contribution in [0.5, 0.6) is 5.75 Å². The molecule has 0 saturated carbocycles. The molecule has 0 spiro atoms. The molecule has 0 bridgehead atoms. The lowest BCUT2D eigenvalue weighted by Gasteiger charge is -2.06. The number of para-hydroxylation sites is 1. The van der Waals surface area contributed by atoms with Gasteiger partial charge in [-0.15, -0.1) is 16.6 Å². The van der Waals surface area contributed by atoms with Crippen LogP contribution in [0.3, 0.4) is 0 Å². The van der Waals surface area contributed by atoms with Gasteiger partial charge in [0.2, 0.25) is 0 Å². The number of hydrogen-bond acceptors (Lipinski definition) is 6. The van der Waals surface area contributed by atoms with Crippen molar-refractivity contribution in [1.82, 2.24) is 20.2 Å². The van der Waals surface area contributed by atoms with Gasteiger partial charge in [0.25, 0.3) is 5.91 Å². The van der Waals surface area contributed by atoms with Crippen LogP contribution < -0.4 is 10.2 Å². The first-order chi connectivity index (χ1) is 14.2. The molecule has 0 aliphatic heterocycles. The van der Waals surface area contributed by atoms with E-state index in [2.05, 4.69) is 26.6 Å². The average Bonchev–Trinajstić information content (AvgIpc) is 3.16. The number of carbonyl (C=O) groups is 1. The number of benzene rings is 2. The van der Waals surface area contributed by atoms with Crippen LogP contribution in [-0.4, -0.2) is 33.5 Å². The first-order valence-electron chi connectivity index (χ1n) is 8.72. The van der Waals surface area contributed by atoms with Crippen molar-refractivity contribution in [3.8, 4) is 18.1 Å². The number of hydrogen-bond donors (Lipinski definition) is 1. The number of carbonyl (C=O) groups excluding carboxylic acids is 1. The van der Waals surface area contributed by atoms with Gasteiger partial charge in [-0.3, -0.25) is 4.79 Å². The van der Waals surface area contributed by atoms with Crippen LogP contribution in [0.2, 0.25) is 0 Å². The number of nitrogens with zero attached hydrogens (tertiary/aromatic N) is 4. The summed E-state index contributed by atoms with van der Waals surface area (Å²) in [7, 11) is 1.90. The van der Waals surface area contributed by atoms with Crippen molar-refractivity contribution in [3.63, 3.8) is 0 Å². The molecule has 0 radical (unpaired) electrons. The third-order valence-corrected chi connectivity index (χ3v) is 4.96. The number of aromatic nitrogens is 3. The van der Waals surface area contributed by atoms with Gasteiger partial charge < -0.3 is 9.30 Å². The molecule has 0 saturated heterocycles. The summed E-state index contributed by atoms with van der Waals surface area (Å²) in [6.07, 6.45) is 8.40. The number of rotatable bonds is 8. The largest absolute Gasteiger partial charge is 0.480 e. The van der Waals surface area contributed by atoms with Crippen molar-refractivity contribution in [2.75, 3.05) is 6.61 Å². The third-order valence-electron chi connectivity index (χ3n) is 3.85. The lowest BCUT2D eigenvalue weighted by molar-refractivity contribution is 0.0955. The smallest absolute Gasteiger partial charge is 0.271 e. The highest BCUT2D eigenvalue weighted by Crippen LogP contribution is 2.20. The van der Waals surface area contributed by atoms with E-state index in [4.69, 9.17) is 11.2 Å². The van der Waals surface area contributed by atoms with Crippen LogP contribution in [0.25, 0.3) is 0 Å². The molecule has 1 aromatic heterocycles. The number of thioether (sulfide) groups is 1. The molecular formula is C21H19N5O2S. The summed E-state index contributed by atoms with van der Waals surface area (Å²) in [6.45, 7) is 0.165. The van der Waals surface area contributed by atoms with E-state index in [-0.39, 0.29) is 12.5 Å². The lowest BCUT2D eigenvalue weighted by Crippen LogP contribution is -2.17. The van der Waals surface area contributed by atoms with E-state index in [1.807, 2.05) is 41.9 Å². The third kappa shape index (κ3) is 5.70. The predicted octanol–water partition coefficient (Wildman–Crippen LogP) is 2.88. The standard InChI is InChI=1S/C21H19N5O2S/c1-3-12-28-19-7-5-4-6-18(19)13-22-24-20(27)17-10-8-16(9-11-17)14-29-21-25-23-15-26(21)2/h1,4-11,13,15H,12,14H2,2H3,(H,24,27)/b22-13-. The van der Waals surface area contributed by atoms with Gasteiger partial charge in [-0.25, -0.2) is 5.43 Å². The molecule has 0 aliphatic carbocycles. The van der Waals surface area contributed by atoms with Crippen LogP contribution in [0.4, 0.5) is 0 Å². The van der Waals surface area contributed by atoms with Crippen molar-refractivity contribution in [1.29, 1.82) is 0 Å². The number of terminal acetylenes is 1. The maximum absolute atomic E-state index is 12.3. The number of aryl methyl sites for hydroxylation is 1. The Bertz CT molecular complexity index is 1040. The Kier molecular flexibility index (Phi) is 7.03. The van der Waals surface area contributed by atoms with E-state index in [1.54, 1.807) is 36.3 Å². The first-order valence-corrected chi connectivity index (χ1v) is 9.70. The molecule has 1 N–H and O–H groups in total. The zero-order valence-electron chi connectivity index (χ0n) is 15.8. The SMILES string of the molecule is C#CCOc1ccccc1/C=N\NC(=O)c1ccc(CSc2nncn2C)cc1. The summed E-state index contributed by atoms with van der Waals surface area (Å²) in [5, 5.41) is 12.7. The fourth-order valence-corrected chi connectivity index (χ4v) is 3.21. The zero-order chi connectivity index (χ0) is 20.5. The maximum atomic E-state index is 12.3. The predicted molar refractivity (Wildman–Crippen MR) is 113 cm³/mol. The highest BCUT2D eigenvalue weighted by atomic mass is 32.2. The quantitative estimate of drug-likeness (QED) is 0.270. The minimum absolute atomic E-state index is 0.165. The molecule has 146 valence electrons. The molecule has 1 amide bonds. The molecule has 29 heavy (non-hydrogen) atoms. The van der Waals surface area contributed by atoms with Gasteiger partial charge in [0.05, 0.1) is 6.21 Å². The molecule has 8 heteroatoms. The second-order valence-corrected chi connectivity index (χ2v) is 6.88. The van der Waals surface area contributed by atoms with E-state index in [0.717, 1.165) is 22.0 Å². The summed E-state index contributed by atoms with van der Waals surface area (Å²) in [5.41, 5.74) is 4.84. The van der Waals surface area contributed by atoms with Crippen molar-refractivity contribution in [3.05, 3.63) is 71.5 Å². The highest BCUT2D eigenvalue weighted by Gasteiger charge is 2.06. The fourth-order valence-electron chi connectivity index (χ4n) is 2.37. The van der Waals surface area contributed by atoms with Gasteiger partial charge >= 0.3 is 0 Å². The fraction of sp³-hybridized carbons (Fsp3) is 0.143. The van der Waals surface area contributed by atoms with Gasteiger partial charge in [0, 0.05) is 23.9 Å². The van der Waals surface area contributed by atoms with Crippen LogP contribution in [0.15, 0.2) is 65.1 Å². The maximum Gasteiger partial charge on any atom is 0.271 e. The zero-order valence-corrected chi connectivity index (χ0v) is 16.6. The van der Waals surface area contributed by atoms with Crippen molar-refractivity contribution < 1.29 is 9.53 Å². The topological polar surface area (TPSA) is 81.4 Å². The number of ether oxygens (including phenoxy) is 1. The number of amides is 1. The number of nitrogens with one attached hydrogen (secondary N) is 1. The van der Waals surface area contributed by atoms with Gasteiger partial charge in [0.15, 0.2) is 5.16 Å². The van der Waals surface area contributed by atoms with E-state index < -0.39 is 0 Å². The molecule has 0 atom stereocenters. The highest BCUT2D eigenvalue weighted by molar-refractivity contribution is 7.98. The minimum atomic E-state index is -0.296. The Balaban J connectivity index is 1.55. The summed E-state index contributed by atoms with van der Waals surface area (Å²) in [5.74, 6) is 3.46. The van der Waals surface area contributed by atoms with Crippen LogP contribution >= 0.6 is 11.8 Å². The normalized spacial score (nSPS) is 10.6. The van der Waals surface area contributed by atoms with Crippen LogP contribution in [-0.2, 0) is 12.8 Å². The molecule has 0 unspecified atom stereocenters. The Hall–Kier alpha value is -3.57. The summed E-state index contributed by atoms with van der Waals surface area (Å²) < 4.78 is 7.31. The average molecular weight is 405 g/mol. The number of hydrazone groups is 1. The van der Waals surface area contributed by atoms with Gasteiger partial charge in [-0.2, -0.15) is 5.10 Å². The Morgan fingerprint density at radius 2 is 2.10 bits per heavy atom. The molecule has 0 fully saturated rings. The van der Waals surface area contributed by atoms with Crippen molar-refractivity contribution >= 4 is 23.9 Å². The van der Waals surface area contributed by atoms with E-state index in [0.29, 0.717) is 11.3 Å². The molecule has 3 rings (SSSR count).